The van der Waals surface area contributed by atoms with Crippen molar-refractivity contribution in [2.75, 3.05) is 23.3 Å². The van der Waals surface area contributed by atoms with Gasteiger partial charge in [-0.15, -0.1) is 10.2 Å². The highest BCUT2D eigenvalue weighted by atomic mass is 32.1. The Balaban J connectivity index is 2.44. The highest BCUT2D eigenvalue weighted by Gasteiger charge is 2.18. The number of aryl methyl sites for hydroxylation is 1. The number of anilines is 3. The summed E-state index contributed by atoms with van der Waals surface area (Å²) in [6, 6.07) is 6.22. The van der Waals surface area contributed by atoms with Gasteiger partial charge in [-0.05, 0) is 42.4 Å². The second-order valence-corrected chi connectivity index (χ2v) is 9.40. The third kappa shape index (κ3) is 6.48. The van der Waals surface area contributed by atoms with Gasteiger partial charge in [-0.2, -0.15) is 0 Å². The quantitative estimate of drug-likeness (QED) is 0.560. The number of benzene rings is 1. The molecule has 0 fully saturated rings. The van der Waals surface area contributed by atoms with E-state index >= 15 is 0 Å². The number of carboxylic acid groups (broad SMARTS) is 1. The minimum atomic E-state index is -0.785. The zero-order valence-electron chi connectivity index (χ0n) is 17.7. The number of aromatic nitrogens is 2. The summed E-state index contributed by atoms with van der Waals surface area (Å²) in [6.07, 6.45) is 0.110. The van der Waals surface area contributed by atoms with Crippen LogP contribution >= 0.6 is 11.3 Å². The summed E-state index contributed by atoms with van der Waals surface area (Å²) in [5.41, 5.74) is 3.07. The van der Waals surface area contributed by atoms with Crippen LogP contribution in [0.3, 0.4) is 0 Å². The van der Waals surface area contributed by atoms with Crippen molar-refractivity contribution in [3.8, 4) is 0 Å². The Morgan fingerprint density at radius 1 is 1.14 bits per heavy atom. The first-order valence-corrected chi connectivity index (χ1v) is 10.6. The predicted octanol–water partition coefficient (Wildman–Crippen LogP) is 5.29. The van der Waals surface area contributed by atoms with Gasteiger partial charge in [0.25, 0.3) is 0 Å². The van der Waals surface area contributed by atoms with E-state index in [9.17, 15) is 4.79 Å². The van der Waals surface area contributed by atoms with Crippen molar-refractivity contribution < 1.29 is 9.90 Å². The third-order valence-electron chi connectivity index (χ3n) is 4.35. The van der Waals surface area contributed by atoms with E-state index in [-0.39, 0.29) is 12.3 Å². The second kappa shape index (κ2) is 9.87. The standard InChI is InChI=1S/C21H32N4O2S/c1-13(2)11-25(12-14(3)4)19-8-7-17(15(5)9-20(26)27)10-18(19)22-21-24-23-16(6)28-21/h7-8,10,13-15H,9,11-12H2,1-6H3,(H,22,24)(H,26,27)/t15-/m1/s1. The van der Waals surface area contributed by atoms with Gasteiger partial charge < -0.3 is 15.3 Å². The molecular formula is C21H32N4O2S. The molecule has 0 unspecified atom stereocenters. The van der Waals surface area contributed by atoms with Crippen molar-refractivity contribution in [2.45, 2.75) is 53.9 Å². The Labute approximate surface area is 172 Å². The van der Waals surface area contributed by atoms with Crippen molar-refractivity contribution in [3.05, 3.63) is 28.8 Å². The normalized spacial score (nSPS) is 12.4. The lowest BCUT2D eigenvalue weighted by Crippen LogP contribution is -2.31. The molecule has 0 saturated heterocycles. The smallest absolute Gasteiger partial charge is 0.303 e. The van der Waals surface area contributed by atoms with Gasteiger partial charge in [0.15, 0.2) is 0 Å². The SMILES string of the molecule is Cc1nnc(Nc2cc([C@H](C)CC(=O)O)ccc2N(CC(C)C)CC(C)C)s1. The van der Waals surface area contributed by atoms with Gasteiger partial charge in [0.1, 0.15) is 5.01 Å². The number of carboxylic acids is 1. The van der Waals surface area contributed by atoms with Crippen LogP contribution in [0.5, 0.6) is 0 Å². The summed E-state index contributed by atoms with van der Waals surface area (Å²) < 4.78 is 0. The predicted molar refractivity (Wildman–Crippen MR) is 117 cm³/mol. The van der Waals surface area contributed by atoms with E-state index in [0.29, 0.717) is 11.8 Å². The van der Waals surface area contributed by atoms with Gasteiger partial charge >= 0.3 is 5.97 Å². The number of rotatable bonds is 10. The molecule has 7 heteroatoms. The fourth-order valence-corrected chi connectivity index (χ4v) is 3.83. The molecule has 0 amide bonds. The molecule has 1 aromatic carbocycles. The first kappa shape index (κ1) is 22.1. The lowest BCUT2D eigenvalue weighted by atomic mass is 9.96. The number of aliphatic carboxylic acids is 1. The van der Waals surface area contributed by atoms with E-state index in [1.165, 1.54) is 11.3 Å². The van der Waals surface area contributed by atoms with Crippen LogP contribution in [-0.4, -0.2) is 34.4 Å². The zero-order chi connectivity index (χ0) is 20.8. The van der Waals surface area contributed by atoms with Gasteiger partial charge in [-0.25, -0.2) is 0 Å². The third-order valence-corrected chi connectivity index (χ3v) is 5.10. The van der Waals surface area contributed by atoms with Gasteiger partial charge in [0, 0.05) is 13.1 Å². The molecule has 2 N–H and O–H groups in total. The van der Waals surface area contributed by atoms with Crippen LogP contribution in [0.4, 0.5) is 16.5 Å². The molecule has 1 atom stereocenters. The summed E-state index contributed by atoms with van der Waals surface area (Å²) in [6.45, 7) is 14.7. The molecule has 2 rings (SSSR count). The molecule has 0 aliphatic carbocycles. The molecule has 0 aliphatic rings. The fourth-order valence-electron chi connectivity index (χ4n) is 3.23. The van der Waals surface area contributed by atoms with Crippen molar-refractivity contribution in [3.63, 3.8) is 0 Å². The van der Waals surface area contributed by atoms with E-state index in [2.05, 4.69) is 60.2 Å². The highest BCUT2D eigenvalue weighted by molar-refractivity contribution is 7.15. The summed E-state index contributed by atoms with van der Waals surface area (Å²) in [5, 5.41) is 22.5. The van der Waals surface area contributed by atoms with E-state index < -0.39 is 5.97 Å². The summed E-state index contributed by atoms with van der Waals surface area (Å²) in [5.74, 6) is 0.209. The van der Waals surface area contributed by atoms with Gasteiger partial charge in [-0.1, -0.05) is 52.0 Å². The molecule has 0 bridgehead atoms. The molecule has 1 aromatic heterocycles. The molecule has 28 heavy (non-hydrogen) atoms. The van der Waals surface area contributed by atoms with Crippen LogP contribution in [0.1, 0.15) is 57.5 Å². The Hall–Kier alpha value is -2.15. The average Bonchev–Trinajstić information content (AvgIpc) is 2.97. The second-order valence-electron chi connectivity index (χ2n) is 8.22. The molecule has 0 aliphatic heterocycles. The molecule has 2 aromatic rings. The number of hydrogen-bond donors (Lipinski definition) is 2. The number of nitrogens with one attached hydrogen (secondary N) is 1. The van der Waals surface area contributed by atoms with Crippen LogP contribution in [0.15, 0.2) is 18.2 Å². The van der Waals surface area contributed by atoms with E-state index in [1.807, 2.05) is 19.9 Å². The molecule has 1 heterocycles. The molecule has 0 saturated carbocycles. The first-order valence-electron chi connectivity index (χ1n) is 9.83. The zero-order valence-corrected chi connectivity index (χ0v) is 18.5. The summed E-state index contributed by atoms with van der Waals surface area (Å²) in [7, 11) is 0. The fraction of sp³-hybridized carbons (Fsp3) is 0.571. The van der Waals surface area contributed by atoms with E-state index in [4.69, 9.17) is 5.11 Å². The van der Waals surface area contributed by atoms with Crippen LogP contribution in [0.25, 0.3) is 0 Å². The topological polar surface area (TPSA) is 78.3 Å². The Kier molecular flexibility index (Phi) is 7.80. The lowest BCUT2D eigenvalue weighted by molar-refractivity contribution is -0.137. The summed E-state index contributed by atoms with van der Waals surface area (Å²) in [4.78, 5) is 13.5. The van der Waals surface area contributed by atoms with Crippen LogP contribution in [0.2, 0.25) is 0 Å². The average molecular weight is 405 g/mol. The van der Waals surface area contributed by atoms with Crippen LogP contribution < -0.4 is 10.2 Å². The number of carbonyl (C=O) groups is 1. The highest BCUT2D eigenvalue weighted by Crippen LogP contribution is 2.34. The Morgan fingerprint density at radius 2 is 1.79 bits per heavy atom. The van der Waals surface area contributed by atoms with Gasteiger partial charge in [-0.3, -0.25) is 4.79 Å². The minimum absolute atomic E-state index is 0.0631. The largest absolute Gasteiger partial charge is 0.481 e. The first-order chi connectivity index (χ1) is 13.2. The van der Waals surface area contributed by atoms with Crippen molar-refractivity contribution in [1.82, 2.24) is 10.2 Å². The van der Waals surface area contributed by atoms with E-state index in [0.717, 1.165) is 40.2 Å². The maximum absolute atomic E-state index is 11.1. The van der Waals surface area contributed by atoms with Crippen LogP contribution in [-0.2, 0) is 4.79 Å². The van der Waals surface area contributed by atoms with E-state index in [1.54, 1.807) is 0 Å². The Morgan fingerprint density at radius 3 is 2.29 bits per heavy atom. The molecule has 154 valence electrons. The molecule has 6 nitrogen and oxygen atoms in total. The summed E-state index contributed by atoms with van der Waals surface area (Å²) >= 11 is 1.51. The van der Waals surface area contributed by atoms with Crippen molar-refractivity contribution >= 4 is 33.8 Å². The van der Waals surface area contributed by atoms with Crippen molar-refractivity contribution in [2.24, 2.45) is 11.8 Å². The molecule has 0 spiro atoms. The van der Waals surface area contributed by atoms with Gasteiger partial charge in [0.2, 0.25) is 5.13 Å². The monoisotopic (exact) mass is 404 g/mol. The van der Waals surface area contributed by atoms with Crippen molar-refractivity contribution in [1.29, 1.82) is 0 Å². The van der Waals surface area contributed by atoms with Crippen LogP contribution in [0, 0.1) is 18.8 Å². The molecule has 0 radical (unpaired) electrons. The maximum atomic E-state index is 11.1. The number of nitrogens with zero attached hydrogens (tertiary/aromatic N) is 3. The molecular weight excluding hydrogens is 372 g/mol. The van der Waals surface area contributed by atoms with Gasteiger partial charge in [0.05, 0.1) is 17.8 Å². The lowest BCUT2D eigenvalue weighted by Gasteiger charge is -2.31. The minimum Gasteiger partial charge on any atom is -0.481 e. The Bertz CT molecular complexity index is 778. The maximum Gasteiger partial charge on any atom is 0.303 e. The number of hydrogen-bond acceptors (Lipinski definition) is 6.